The number of carboxylic acids is 2. The molecule has 0 fully saturated rings. The van der Waals surface area contributed by atoms with Crippen LogP contribution in [0.1, 0.15) is 37.8 Å². The fraction of sp³-hybridized carbons (Fsp3) is 0.393. The lowest BCUT2D eigenvalue weighted by atomic mass is 10.0. The van der Waals surface area contributed by atoms with E-state index in [0.717, 1.165) is 5.56 Å². The van der Waals surface area contributed by atoms with E-state index in [1.165, 1.54) is 24.3 Å². The summed E-state index contributed by atoms with van der Waals surface area (Å²) < 4.78 is 0. The van der Waals surface area contributed by atoms with Gasteiger partial charge in [-0.05, 0) is 42.0 Å². The Morgan fingerprint density at radius 3 is 1.85 bits per heavy atom. The Balaban J connectivity index is 2.24. The van der Waals surface area contributed by atoms with Crippen LogP contribution in [0.15, 0.2) is 54.6 Å². The maximum absolute atomic E-state index is 13.3. The van der Waals surface area contributed by atoms with Crippen molar-refractivity contribution in [1.29, 1.82) is 0 Å². The van der Waals surface area contributed by atoms with Crippen molar-refractivity contribution < 1.29 is 39.3 Å². The molecule has 40 heavy (non-hydrogen) atoms. The first kappa shape index (κ1) is 31.8. The fourth-order valence-corrected chi connectivity index (χ4v) is 3.89. The summed E-state index contributed by atoms with van der Waals surface area (Å²) in [6, 6.07) is 9.95. The van der Waals surface area contributed by atoms with Gasteiger partial charge in [0.2, 0.25) is 17.7 Å². The average molecular weight is 557 g/mol. The molecular formula is C28H36N4O8. The number of carboxylic acid groups (broad SMARTS) is 2. The van der Waals surface area contributed by atoms with Gasteiger partial charge in [-0.3, -0.25) is 19.2 Å². The molecule has 2 rings (SSSR count). The van der Waals surface area contributed by atoms with Crippen molar-refractivity contribution in [3.05, 3.63) is 65.7 Å². The summed E-state index contributed by atoms with van der Waals surface area (Å²) in [6.07, 6.45) is -0.620. The topological polar surface area (TPSA) is 208 Å². The lowest BCUT2D eigenvalue weighted by Crippen LogP contribution is -2.58. The molecule has 3 amide bonds. The molecule has 4 atom stereocenters. The van der Waals surface area contributed by atoms with Gasteiger partial charge in [-0.2, -0.15) is 0 Å². The molecule has 0 radical (unpaired) electrons. The molecule has 0 heterocycles. The van der Waals surface area contributed by atoms with Gasteiger partial charge in [0.05, 0.1) is 6.04 Å². The standard InChI is InChI=1S/C28H36N4O8/c1-16(2)24(28(39)40)32-27(38)22(15-18-8-10-19(33)11-9-18)31-26(37)21(12-13-23(34)35)30-25(36)20(29)14-17-6-4-3-5-7-17/h3-11,16,20-22,24,33H,12-15,29H2,1-2H3,(H,30,36)(H,31,37)(H,32,38)(H,34,35)(H,39,40). The number of nitrogens with one attached hydrogen (secondary N) is 3. The molecule has 2 aromatic carbocycles. The summed E-state index contributed by atoms with van der Waals surface area (Å²) >= 11 is 0. The molecule has 0 aliphatic carbocycles. The van der Waals surface area contributed by atoms with Crippen molar-refractivity contribution in [2.24, 2.45) is 11.7 Å². The normalized spacial score (nSPS) is 13.9. The van der Waals surface area contributed by atoms with Crippen LogP contribution in [0.2, 0.25) is 0 Å². The summed E-state index contributed by atoms with van der Waals surface area (Å²) in [7, 11) is 0. The summed E-state index contributed by atoms with van der Waals surface area (Å²) in [6.45, 7) is 3.23. The zero-order chi connectivity index (χ0) is 29.8. The minimum Gasteiger partial charge on any atom is -0.508 e. The Morgan fingerprint density at radius 1 is 0.750 bits per heavy atom. The highest BCUT2D eigenvalue weighted by atomic mass is 16.4. The molecule has 0 bridgehead atoms. The van der Waals surface area contributed by atoms with E-state index in [4.69, 9.17) is 10.8 Å². The van der Waals surface area contributed by atoms with Crippen LogP contribution < -0.4 is 21.7 Å². The summed E-state index contributed by atoms with van der Waals surface area (Å²) in [5.41, 5.74) is 7.37. The number of phenols is 1. The highest BCUT2D eigenvalue weighted by Crippen LogP contribution is 2.13. The number of hydrogen-bond acceptors (Lipinski definition) is 7. The van der Waals surface area contributed by atoms with Crippen LogP contribution in [-0.4, -0.2) is 69.1 Å². The third-order valence-corrected chi connectivity index (χ3v) is 6.15. The van der Waals surface area contributed by atoms with Gasteiger partial charge >= 0.3 is 11.9 Å². The van der Waals surface area contributed by atoms with E-state index in [0.29, 0.717) is 5.56 Å². The van der Waals surface area contributed by atoms with Crippen molar-refractivity contribution >= 4 is 29.7 Å². The molecular weight excluding hydrogens is 520 g/mol. The van der Waals surface area contributed by atoms with Gasteiger partial charge in [0.1, 0.15) is 23.9 Å². The van der Waals surface area contributed by atoms with Crippen molar-refractivity contribution in [3.63, 3.8) is 0 Å². The third kappa shape index (κ3) is 10.4. The van der Waals surface area contributed by atoms with Crippen LogP contribution in [0.25, 0.3) is 0 Å². The SMILES string of the molecule is CC(C)C(NC(=O)C(Cc1ccc(O)cc1)NC(=O)C(CCC(=O)O)NC(=O)C(N)Cc1ccccc1)C(=O)O. The maximum atomic E-state index is 13.3. The molecule has 0 saturated carbocycles. The second-order valence-electron chi connectivity index (χ2n) is 9.79. The lowest BCUT2D eigenvalue weighted by molar-refractivity contribution is -0.143. The maximum Gasteiger partial charge on any atom is 0.326 e. The van der Waals surface area contributed by atoms with E-state index >= 15 is 0 Å². The van der Waals surface area contributed by atoms with E-state index < -0.39 is 66.2 Å². The quantitative estimate of drug-likeness (QED) is 0.163. The minimum atomic E-state index is -1.33. The molecule has 0 aliphatic heterocycles. The van der Waals surface area contributed by atoms with Crippen LogP contribution in [0.5, 0.6) is 5.75 Å². The highest BCUT2D eigenvalue weighted by Gasteiger charge is 2.31. The first-order chi connectivity index (χ1) is 18.9. The molecule has 0 aromatic heterocycles. The van der Waals surface area contributed by atoms with Gasteiger partial charge in [0, 0.05) is 12.8 Å². The van der Waals surface area contributed by atoms with Crippen LogP contribution >= 0.6 is 0 Å². The van der Waals surface area contributed by atoms with Crippen molar-refractivity contribution in [3.8, 4) is 5.75 Å². The van der Waals surface area contributed by atoms with Gasteiger partial charge in [0.15, 0.2) is 0 Å². The van der Waals surface area contributed by atoms with E-state index in [1.807, 2.05) is 6.07 Å². The molecule has 0 spiro atoms. The first-order valence-corrected chi connectivity index (χ1v) is 12.8. The number of aliphatic carboxylic acids is 2. The van der Waals surface area contributed by atoms with E-state index in [1.54, 1.807) is 38.1 Å². The molecule has 0 aliphatic rings. The van der Waals surface area contributed by atoms with Gasteiger partial charge in [-0.25, -0.2) is 4.79 Å². The van der Waals surface area contributed by atoms with E-state index in [2.05, 4.69) is 16.0 Å². The number of carbonyl (C=O) groups is 5. The number of phenolic OH excluding ortho intramolecular Hbond substituents is 1. The number of rotatable bonds is 15. The molecule has 8 N–H and O–H groups in total. The predicted molar refractivity (Wildman–Crippen MR) is 145 cm³/mol. The van der Waals surface area contributed by atoms with Gasteiger partial charge in [-0.15, -0.1) is 0 Å². The van der Waals surface area contributed by atoms with E-state index in [-0.39, 0.29) is 25.0 Å². The van der Waals surface area contributed by atoms with Gasteiger partial charge in [-0.1, -0.05) is 56.3 Å². The molecule has 216 valence electrons. The minimum absolute atomic E-state index is 0.0113. The zero-order valence-corrected chi connectivity index (χ0v) is 22.4. The lowest BCUT2D eigenvalue weighted by Gasteiger charge is -2.26. The highest BCUT2D eigenvalue weighted by molar-refractivity contribution is 5.94. The molecule has 12 nitrogen and oxygen atoms in total. The number of carbonyl (C=O) groups excluding carboxylic acids is 3. The van der Waals surface area contributed by atoms with Crippen molar-refractivity contribution in [2.75, 3.05) is 0 Å². The molecule has 12 heteroatoms. The number of aromatic hydroxyl groups is 1. The number of nitrogens with two attached hydrogens (primary N) is 1. The fourth-order valence-electron chi connectivity index (χ4n) is 3.89. The van der Waals surface area contributed by atoms with Crippen LogP contribution in [0.3, 0.4) is 0 Å². The van der Waals surface area contributed by atoms with Crippen molar-refractivity contribution in [1.82, 2.24) is 16.0 Å². The van der Waals surface area contributed by atoms with Crippen LogP contribution in [0, 0.1) is 5.92 Å². The summed E-state index contributed by atoms with van der Waals surface area (Å²) in [4.78, 5) is 62.1. The Labute approximate surface area is 232 Å². The summed E-state index contributed by atoms with van der Waals surface area (Å²) in [5, 5.41) is 35.7. The molecule has 2 aromatic rings. The summed E-state index contributed by atoms with van der Waals surface area (Å²) in [5.74, 6) is -5.22. The first-order valence-electron chi connectivity index (χ1n) is 12.8. The second kappa shape index (κ2) is 15.2. The number of benzene rings is 2. The van der Waals surface area contributed by atoms with Crippen LogP contribution in [-0.2, 0) is 36.8 Å². The molecule has 0 saturated heterocycles. The van der Waals surface area contributed by atoms with Gasteiger partial charge in [0.25, 0.3) is 0 Å². The predicted octanol–water partition coefficient (Wildman–Crippen LogP) is 0.565. The van der Waals surface area contributed by atoms with Crippen LogP contribution in [0.4, 0.5) is 0 Å². The monoisotopic (exact) mass is 556 g/mol. The van der Waals surface area contributed by atoms with Gasteiger partial charge < -0.3 is 37.0 Å². The number of hydrogen-bond donors (Lipinski definition) is 7. The third-order valence-electron chi connectivity index (χ3n) is 6.15. The second-order valence-corrected chi connectivity index (χ2v) is 9.79. The Hall–Kier alpha value is -4.45. The van der Waals surface area contributed by atoms with E-state index in [9.17, 15) is 34.2 Å². The Morgan fingerprint density at radius 2 is 1.30 bits per heavy atom. The number of amides is 3. The Bertz CT molecular complexity index is 1170. The largest absolute Gasteiger partial charge is 0.508 e. The van der Waals surface area contributed by atoms with Crippen molar-refractivity contribution in [2.45, 2.75) is 63.7 Å². The average Bonchev–Trinajstić information content (AvgIpc) is 2.90. The Kier molecular flexibility index (Phi) is 12.1. The molecule has 4 unspecified atom stereocenters. The smallest absolute Gasteiger partial charge is 0.326 e. The zero-order valence-electron chi connectivity index (χ0n) is 22.4.